The van der Waals surface area contributed by atoms with Crippen LogP contribution in [-0.2, 0) is 0 Å². The van der Waals surface area contributed by atoms with Gasteiger partial charge in [0.25, 0.3) is 0 Å². The fourth-order valence-corrected chi connectivity index (χ4v) is 2.38. The lowest BCUT2D eigenvalue weighted by molar-refractivity contribution is 0.103. The molecule has 0 aliphatic carbocycles. The number of phenols is 1. The van der Waals surface area contributed by atoms with Crippen LogP contribution in [0.4, 0.5) is 4.79 Å². The van der Waals surface area contributed by atoms with Gasteiger partial charge in [-0.3, -0.25) is 4.79 Å². The van der Waals surface area contributed by atoms with Crippen LogP contribution in [0.1, 0.15) is 35.7 Å². The van der Waals surface area contributed by atoms with E-state index in [1.807, 2.05) is 6.92 Å². The molecule has 0 saturated heterocycles. The van der Waals surface area contributed by atoms with E-state index in [0.29, 0.717) is 18.0 Å². The standard InChI is InChI=1S/C20H23NO6/c1-4-5-10-21-20(24)27-18-12-14(26-3)7-9-16(18)19(23)15-8-6-13(25-2)11-17(15)22/h6-9,11-12,22H,4-5,10H2,1-3H3,(H,21,24). The quantitative estimate of drug-likeness (QED) is 0.543. The summed E-state index contributed by atoms with van der Waals surface area (Å²) in [6.45, 7) is 2.48. The average molecular weight is 373 g/mol. The van der Waals surface area contributed by atoms with Gasteiger partial charge in [-0.15, -0.1) is 0 Å². The molecule has 0 atom stereocenters. The topological polar surface area (TPSA) is 94.1 Å². The van der Waals surface area contributed by atoms with Crippen molar-refractivity contribution < 1.29 is 28.9 Å². The van der Waals surface area contributed by atoms with Crippen molar-refractivity contribution in [3.8, 4) is 23.0 Å². The highest BCUT2D eigenvalue weighted by atomic mass is 16.6. The average Bonchev–Trinajstić information content (AvgIpc) is 2.67. The summed E-state index contributed by atoms with van der Waals surface area (Å²) in [6.07, 6.45) is 1.09. The number of hydrogen-bond acceptors (Lipinski definition) is 6. The molecule has 0 aromatic heterocycles. The SMILES string of the molecule is CCCCNC(=O)Oc1cc(OC)ccc1C(=O)c1ccc(OC)cc1O. The van der Waals surface area contributed by atoms with Crippen molar-refractivity contribution >= 4 is 11.9 Å². The Hall–Kier alpha value is -3.22. The van der Waals surface area contributed by atoms with E-state index in [1.54, 1.807) is 12.1 Å². The maximum Gasteiger partial charge on any atom is 0.412 e. The number of ketones is 1. The number of unbranched alkanes of at least 4 members (excludes halogenated alkanes) is 1. The smallest absolute Gasteiger partial charge is 0.412 e. The van der Waals surface area contributed by atoms with Gasteiger partial charge in [0, 0.05) is 18.7 Å². The molecule has 7 nitrogen and oxygen atoms in total. The molecule has 0 radical (unpaired) electrons. The molecule has 0 saturated carbocycles. The molecule has 2 N–H and O–H groups in total. The first-order chi connectivity index (χ1) is 13.0. The van der Waals surface area contributed by atoms with E-state index < -0.39 is 11.9 Å². The fourth-order valence-electron chi connectivity index (χ4n) is 2.38. The van der Waals surface area contributed by atoms with Crippen molar-refractivity contribution in [3.63, 3.8) is 0 Å². The summed E-state index contributed by atoms with van der Waals surface area (Å²) in [6, 6.07) is 8.87. The third-order valence-electron chi connectivity index (χ3n) is 3.89. The second-order valence-corrected chi connectivity index (χ2v) is 5.74. The van der Waals surface area contributed by atoms with E-state index in [9.17, 15) is 14.7 Å². The molecular weight excluding hydrogens is 350 g/mol. The maximum atomic E-state index is 12.9. The Kier molecular flexibility index (Phi) is 7.05. The highest BCUT2D eigenvalue weighted by Crippen LogP contribution is 2.31. The number of hydrogen-bond donors (Lipinski definition) is 2. The second kappa shape index (κ2) is 9.47. The van der Waals surface area contributed by atoms with Crippen molar-refractivity contribution in [3.05, 3.63) is 47.5 Å². The molecule has 0 aliphatic heterocycles. The predicted octanol–water partition coefficient (Wildman–Crippen LogP) is 3.53. The Morgan fingerprint density at radius 2 is 1.63 bits per heavy atom. The van der Waals surface area contributed by atoms with E-state index in [1.165, 1.54) is 38.5 Å². The molecule has 27 heavy (non-hydrogen) atoms. The van der Waals surface area contributed by atoms with Crippen LogP contribution in [0.15, 0.2) is 36.4 Å². The normalized spacial score (nSPS) is 10.2. The molecule has 2 rings (SSSR count). The summed E-state index contributed by atoms with van der Waals surface area (Å²) in [5.41, 5.74) is 0.194. The number of aromatic hydroxyl groups is 1. The number of methoxy groups -OCH3 is 2. The highest BCUT2D eigenvalue weighted by molar-refractivity contribution is 6.12. The lowest BCUT2D eigenvalue weighted by atomic mass is 10.0. The van der Waals surface area contributed by atoms with Gasteiger partial charge in [-0.05, 0) is 30.7 Å². The van der Waals surface area contributed by atoms with Crippen LogP contribution in [0.2, 0.25) is 0 Å². The van der Waals surface area contributed by atoms with E-state index in [-0.39, 0.29) is 22.6 Å². The summed E-state index contributed by atoms with van der Waals surface area (Å²) in [5, 5.41) is 12.7. The molecule has 144 valence electrons. The van der Waals surface area contributed by atoms with Crippen LogP contribution in [0.25, 0.3) is 0 Å². The molecule has 0 aliphatic rings. The second-order valence-electron chi connectivity index (χ2n) is 5.74. The van der Waals surface area contributed by atoms with Gasteiger partial charge in [-0.1, -0.05) is 13.3 Å². The van der Waals surface area contributed by atoms with Crippen molar-refractivity contribution in [2.75, 3.05) is 20.8 Å². The van der Waals surface area contributed by atoms with E-state index in [0.717, 1.165) is 12.8 Å². The molecule has 0 unspecified atom stereocenters. The van der Waals surface area contributed by atoms with E-state index in [2.05, 4.69) is 5.32 Å². The largest absolute Gasteiger partial charge is 0.507 e. The van der Waals surface area contributed by atoms with Crippen LogP contribution in [0.3, 0.4) is 0 Å². The van der Waals surface area contributed by atoms with Gasteiger partial charge in [0.15, 0.2) is 0 Å². The number of benzene rings is 2. The molecule has 2 aromatic carbocycles. The Morgan fingerprint density at radius 1 is 1.00 bits per heavy atom. The van der Waals surface area contributed by atoms with E-state index in [4.69, 9.17) is 14.2 Å². The molecule has 1 amide bonds. The Morgan fingerprint density at radius 3 is 2.22 bits per heavy atom. The summed E-state index contributed by atoms with van der Waals surface area (Å²) in [7, 11) is 2.93. The first-order valence-corrected chi connectivity index (χ1v) is 8.55. The van der Waals surface area contributed by atoms with Gasteiger partial charge in [-0.25, -0.2) is 4.79 Å². The molecular formula is C20H23NO6. The maximum absolute atomic E-state index is 12.9. The third-order valence-corrected chi connectivity index (χ3v) is 3.89. The van der Waals surface area contributed by atoms with Crippen molar-refractivity contribution in [1.29, 1.82) is 0 Å². The summed E-state index contributed by atoms with van der Waals surface area (Å²) >= 11 is 0. The highest BCUT2D eigenvalue weighted by Gasteiger charge is 2.21. The van der Waals surface area contributed by atoms with Crippen LogP contribution < -0.4 is 19.5 Å². The number of nitrogens with one attached hydrogen (secondary N) is 1. The van der Waals surface area contributed by atoms with Gasteiger partial charge < -0.3 is 24.6 Å². The summed E-state index contributed by atoms with van der Waals surface area (Å²) < 4.78 is 15.5. The van der Waals surface area contributed by atoms with Gasteiger partial charge in [0.1, 0.15) is 23.0 Å². The number of carbonyl (C=O) groups is 2. The first-order valence-electron chi connectivity index (χ1n) is 8.55. The minimum atomic E-state index is -0.662. The minimum Gasteiger partial charge on any atom is -0.507 e. The van der Waals surface area contributed by atoms with Gasteiger partial charge in [-0.2, -0.15) is 0 Å². The van der Waals surface area contributed by atoms with Crippen LogP contribution >= 0.6 is 0 Å². The molecule has 0 heterocycles. The third kappa shape index (κ3) is 5.13. The Balaban J connectivity index is 2.32. The van der Waals surface area contributed by atoms with Gasteiger partial charge in [0.2, 0.25) is 5.78 Å². The lowest BCUT2D eigenvalue weighted by Gasteiger charge is -2.13. The van der Waals surface area contributed by atoms with Crippen LogP contribution in [0.5, 0.6) is 23.0 Å². The number of ether oxygens (including phenoxy) is 3. The Labute approximate surface area is 157 Å². The molecule has 7 heteroatoms. The molecule has 0 bridgehead atoms. The fraction of sp³-hybridized carbons (Fsp3) is 0.300. The summed E-state index contributed by atoms with van der Waals surface area (Å²) in [4.78, 5) is 24.9. The minimum absolute atomic E-state index is 0.0450. The van der Waals surface area contributed by atoms with Crippen LogP contribution in [-0.4, -0.2) is 37.7 Å². The number of phenolic OH excluding ortho intramolecular Hbond substituents is 1. The Bertz CT molecular complexity index is 818. The lowest BCUT2D eigenvalue weighted by Crippen LogP contribution is -2.28. The molecule has 0 spiro atoms. The van der Waals surface area contributed by atoms with E-state index >= 15 is 0 Å². The molecule has 2 aromatic rings. The summed E-state index contributed by atoms with van der Waals surface area (Å²) in [5.74, 6) is 0.179. The molecule has 0 fully saturated rings. The zero-order chi connectivity index (χ0) is 19.8. The van der Waals surface area contributed by atoms with Crippen molar-refractivity contribution in [2.24, 2.45) is 0 Å². The predicted molar refractivity (Wildman–Crippen MR) is 100 cm³/mol. The van der Waals surface area contributed by atoms with Crippen molar-refractivity contribution in [2.45, 2.75) is 19.8 Å². The number of rotatable bonds is 8. The first kappa shape index (κ1) is 20.1. The zero-order valence-electron chi connectivity index (χ0n) is 15.6. The number of amides is 1. The zero-order valence-corrected chi connectivity index (χ0v) is 15.6. The van der Waals surface area contributed by atoms with Gasteiger partial charge in [0.05, 0.1) is 25.3 Å². The number of carbonyl (C=O) groups excluding carboxylic acids is 2. The van der Waals surface area contributed by atoms with Crippen LogP contribution in [0, 0.1) is 0 Å². The monoisotopic (exact) mass is 373 g/mol. The van der Waals surface area contributed by atoms with Gasteiger partial charge >= 0.3 is 6.09 Å². The van der Waals surface area contributed by atoms with Crippen molar-refractivity contribution in [1.82, 2.24) is 5.32 Å².